The van der Waals surface area contributed by atoms with Crippen molar-refractivity contribution in [2.75, 3.05) is 13.6 Å². The lowest BCUT2D eigenvalue weighted by Gasteiger charge is -2.12. The monoisotopic (exact) mass is 172 g/mol. The zero-order valence-electron chi connectivity index (χ0n) is 6.97. The molecule has 0 unspecified atom stereocenters. The lowest BCUT2D eigenvalue weighted by atomic mass is 10.5. The van der Waals surface area contributed by atoms with Crippen LogP contribution in [0.3, 0.4) is 0 Å². The van der Waals surface area contributed by atoms with Gasteiger partial charge in [-0.1, -0.05) is 13.2 Å². The van der Waals surface area contributed by atoms with E-state index in [1.807, 2.05) is 18.9 Å². The summed E-state index contributed by atoms with van der Waals surface area (Å²) in [5.74, 6) is 0. The number of amidine groups is 1. The van der Waals surface area contributed by atoms with Gasteiger partial charge in [-0.05, 0) is 24.6 Å². The molecule has 0 aromatic heterocycles. The van der Waals surface area contributed by atoms with Gasteiger partial charge in [-0.15, -0.1) is 0 Å². The molecular weight excluding hydrogens is 160 g/mol. The number of halogens is 1. The van der Waals surface area contributed by atoms with E-state index >= 15 is 0 Å². The number of allylic oxidation sites excluding steroid dienone is 1. The molecule has 62 valence electrons. The van der Waals surface area contributed by atoms with Crippen LogP contribution in [0, 0.1) is 0 Å². The fraction of sp³-hybridized carbons (Fsp3) is 0.375. The third kappa shape index (κ3) is 3.83. The van der Waals surface area contributed by atoms with Crippen LogP contribution in [0.2, 0.25) is 0 Å². The fourth-order valence-electron chi connectivity index (χ4n) is 0.380. The SMILES string of the molecule is C=CC(=C)/N=C(/Cl)N(C)CC. The van der Waals surface area contributed by atoms with E-state index in [9.17, 15) is 0 Å². The van der Waals surface area contributed by atoms with Gasteiger partial charge in [0.2, 0.25) is 0 Å². The molecule has 0 aliphatic rings. The van der Waals surface area contributed by atoms with Gasteiger partial charge in [-0.25, -0.2) is 4.99 Å². The van der Waals surface area contributed by atoms with E-state index in [0.29, 0.717) is 11.0 Å². The minimum atomic E-state index is 0.442. The largest absolute Gasteiger partial charge is 0.350 e. The van der Waals surface area contributed by atoms with Crippen LogP contribution in [0.5, 0.6) is 0 Å². The highest BCUT2D eigenvalue weighted by Gasteiger charge is 1.98. The van der Waals surface area contributed by atoms with Crippen molar-refractivity contribution in [3.05, 3.63) is 24.9 Å². The van der Waals surface area contributed by atoms with Gasteiger partial charge in [0.05, 0.1) is 5.70 Å². The van der Waals surface area contributed by atoms with Crippen LogP contribution in [0.25, 0.3) is 0 Å². The van der Waals surface area contributed by atoms with Crippen molar-refractivity contribution in [3.63, 3.8) is 0 Å². The molecule has 3 heteroatoms. The number of aliphatic imine (C=N–C) groups is 1. The van der Waals surface area contributed by atoms with Crippen molar-refractivity contribution >= 4 is 16.9 Å². The van der Waals surface area contributed by atoms with Gasteiger partial charge in [0.25, 0.3) is 0 Å². The molecule has 0 aromatic carbocycles. The minimum absolute atomic E-state index is 0.442. The summed E-state index contributed by atoms with van der Waals surface area (Å²) in [6.45, 7) is 9.95. The molecule has 0 radical (unpaired) electrons. The van der Waals surface area contributed by atoms with E-state index < -0.39 is 0 Å². The molecule has 0 fully saturated rings. The van der Waals surface area contributed by atoms with Gasteiger partial charge in [-0.2, -0.15) is 0 Å². The Morgan fingerprint density at radius 1 is 1.73 bits per heavy atom. The fourth-order valence-corrected chi connectivity index (χ4v) is 0.608. The Bertz CT molecular complexity index is 185. The van der Waals surface area contributed by atoms with E-state index in [-0.39, 0.29) is 0 Å². The number of hydrogen-bond donors (Lipinski definition) is 0. The van der Waals surface area contributed by atoms with Crippen molar-refractivity contribution in [2.45, 2.75) is 6.92 Å². The van der Waals surface area contributed by atoms with Gasteiger partial charge in [-0.3, -0.25) is 0 Å². The average Bonchev–Trinajstić information content (AvgIpc) is 2.02. The Morgan fingerprint density at radius 3 is 2.64 bits per heavy atom. The smallest absolute Gasteiger partial charge is 0.198 e. The van der Waals surface area contributed by atoms with Crippen molar-refractivity contribution in [1.82, 2.24) is 4.90 Å². The second-order valence-electron chi connectivity index (χ2n) is 2.09. The number of nitrogens with zero attached hydrogens (tertiary/aromatic N) is 2. The molecule has 0 N–H and O–H groups in total. The van der Waals surface area contributed by atoms with Crippen LogP contribution in [0.15, 0.2) is 29.9 Å². The molecule has 2 nitrogen and oxygen atoms in total. The Kier molecular flexibility index (Phi) is 4.62. The predicted molar refractivity (Wildman–Crippen MR) is 50.9 cm³/mol. The highest BCUT2D eigenvalue weighted by Crippen LogP contribution is 2.00. The molecule has 0 saturated heterocycles. The molecule has 0 rings (SSSR count). The predicted octanol–water partition coefficient (Wildman–Crippen LogP) is 2.23. The van der Waals surface area contributed by atoms with Crippen LogP contribution >= 0.6 is 11.6 Å². The maximum absolute atomic E-state index is 5.77. The van der Waals surface area contributed by atoms with Crippen LogP contribution in [0.1, 0.15) is 6.92 Å². The first kappa shape index (κ1) is 10.2. The van der Waals surface area contributed by atoms with Crippen LogP contribution < -0.4 is 0 Å². The van der Waals surface area contributed by atoms with Gasteiger partial charge in [0.15, 0.2) is 5.29 Å². The number of hydrogen-bond acceptors (Lipinski definition) is 1. The highest BCUT2D eigenvalue weighted by molar-refractivity contribution is 6.64. The molecule has 0 aliphatic heterocycles. The average molecular weight is 173 g/mol. The van der Waals surface area contributed by atoms with Gasteiger partial charge >= 0.3 is 0 Å². The Morgan fingerprint density at radius 2 is 2.27 bits per heavy atom. The first-order chi connectivity index (χ1) is 5.11. The van der Waals surface area contributed by atoms with Crippen LogP contribution in [-0.4, -0.2) is 23.8 Å². The molecule has 0 heterocycles. The van der Waals surface area contributed by atoms with E-state index in [2.05, 4.69) is 18.2 Å². The van der Waals surface area contributed by atoms with Gasteiger partial charge < -0.3 is 4.90 Å². The maximum Gasteiger partial charge on any atom is 0.198 e. The van der Waals surface area contributed by atoms with Gasteiger partial charge in [0, 0.05) is 13.6 Å². The molecule has 0 aliphatic carbocycles. The summed E-state index contributed by atoms with van der Waals surface area (Å²) in [5.41, 5.74) is 0.579. The summed E-state index contributed by atoms with van der Waals surface area (Å²) < 4.78 is 0. The standard InChI is InChI=1S/C8H13ClN2/c1-5-7(3)10-8(9)11(4)6-2/h5H,1,3,6H2,2,4H3/b10-8-. The van der Waals surface area contributed by atoms with E-state index in [4.69, 9.17) is 11.6 Å². The summed E-state index contributed by atoms with van der Waals surface area (Å²) in [7, 11) is 1.86. The summed E-state index contributed by atoms with van der Waals surface area (Å²) in [6, 6.07) is 0. The summed E-state index contributed by atoms with van der Waals surface area (Å²) >= 11 is 5.77. The van der Waals surface area contributed by atoms with Crippen LogP contribution in [0.4, 0.5) is 0 Å². The molecule has 0 spiro atoms. The summed E-state index contributed by atoms with van der Waals surface area (Å²) in [5, 5.41) is 0.442. The molecule has 0 saturated carbocycles. The molecule has 0 bridgehead atoms. The van der Waals surface area contributed by atoms with E-state index in [1.54, 1.807) is 6.08 Å². The zero-order valence-corrected chi connectivity index (χ0v) is 7.73. The lowest BCUT2D eigenvalue weighted by Crippen LogP contribution is -2.21. The molecule has 11 heavy (non-hydrogen) atoms. The topological polar surface area (TPSA) is 15.6 Å². The van der Waals surface area contributed by atoms with E-state index in [1.165, 1.54) is 0 Å². The van der Waals surface area contributed by atoms with E-state index in [0.717, 1.165) is 6.54 Å². The second kappa shape index (κ2) is 4.97. The van der Waals surface area contributed by atoms with Crippen molar-refractivity contribution in [2.24, 2.45) is 4.99 Å². The normalized spacial score (nSPS) is 11.0. The highest BCUT2D eigenvalue weighted by atomic mass is 35.5. The van der Waals surface area contributed by atoms with Crippen LogP contribution in [-0.2, 0) is 0 Å². The summed E-state index contributed by atoms with van der Waals surface area (Å²) in [6.07, 6.45) is 1.56. The third-order valence-electron chi connectivity index (χ3n) is 1.26. The quantitative estimate of drug-likeness (QED) is 0.276. The number of rotatable bonds is 3. The second-order valence-corrected chi connectivity index (χ2v) is 2.43. The maximum atomic E-state index is 5.77. The Balaban J connectivity index is 4.20. The summed E-state index contributed by atoms with van der Waals surface area (Å²) in [4.78, 5) is 5.78. The zero-order chi connectivity index (χ0) is 8.85. The van der Waals surface area contributed by atoms with Crippen molar-refractivity contribution in [3.8, 4) is 0 Å². The Labute approximate surface area is 72.9 Å². The van der Waals surface area contributed by atoms with Gasteiger partial charge in [0.1, 0.15) is 0 Å². The third-order valence-corrected chi connectivity index (χ3v) is 1.63. The molecule has 0 aromatic rings. The minimum Gasteiger partial charge on any atom is -0.350 e. The van der Waals surface area contributed by atoms with Crippen molar-refractivity contribution in [1.29, 1.82) is 0 Å². The Hall–Kier alpha value is -0.760. The van der Waals surface area contributed by atoms with Crippen molar-refractivity contribution < 1.29 is 0 Å². The first-order valence-electron chi connectivity index (χ1n) is 3.38. The lowest BCUT2D eigenvalue weighted by molar-refractivity contribution is 0.544. The molecule has 0 atom stereocenters. The molecule has 0 amide bonds. The first-order valence-corrected chi connectivity index (χ1v) is 3.76. The molecular formula is C8H13ClN2.